The summed E-state index contributed by atoms with van der Waals surface area (Å²) in [5, 5.41) is 3.32. The molecule has 0 radical (unpaired) electrons. The van der Waals surface area contributed by atoms with Crippen molar-refractivity contribution >= 4 is 11.1 Å². The van der Waals surface area contributed by atoms with Crippen molar-refractivity contribution in [3.8, 4) is 0 Å². The molecule has 1 aliphatic rings. The summed E-state index contributed by atoms with van der Waals surface area (Å²) in [4.78, 5) is 13.6. The van der Waals surface area contributed by atoms with E-state index in [4.69, 9.17) is 4.42 Å². The maximum atomic E-state index is 11.0. The average Bonchev–Trinajstić information content (AvgIpc) is 2.82. The van der Waals surface area contributed by atoms with Crippen LogP contribution in [0.5, 0.6) is 0 Å². The van der Waals surface area contributed by atoms with Crippen LogP contribution in [-0.4, -0.2) is 18.1 Å². The number of aromatic nitrogens is 1. The number of hydrogen-bond donors (Lipinski definition) is 2. The monoisotopic (exact) mass is 204 g/mol. The van der Waals surface area contributed by atoms with Crippen LogP contribution in [0.2, 0.25) is 0 Å². The Bertz CT molecular complexity index is 535. The molecule has 2 heterocycles. The lowest BCUT2D eigenvalue weighted by Gasteiger charge is -2.07. The first-order valence-corrected chi connectivity index (χ1v) is 5.16. The molecule has 1 aromatic heterocycles. The number of benzene rings is 1. The van der Waals surface area contributed by atoms with Gasteiger partial charge in [0.2, 0.25) is 0 Å². The largest absolute Gasteiger partial charge is 0.417 e. The highest BCUT2D eigenvalue weighted by Crippen LogP contribution is 2.24. The van der Waals surface area contributed by atoms with Crippen molar-refractivity contribution in [2.45, 2.75) is 12.3 Å². The number of H-pyrrole nitrogens is 1. The quantitative estimate of drug-likeness (QED) is 0.733. The fourth-order valence-electron chi connectivity index (χ4n) is 2.16. The molecule has 4 heteroatoms. The summed E-state index contributed by atoms with van der Waals surface area (Å²) in [6, 6.07) is 5.93. The zero-order valence-corrected chi connectivity index (χ0v) is 8.25. The minimum Gasteiger partial charge on any atom is -0.408 e. The predicted molar refractivity (Wildman–Crippen MR) is 57.1 cm³/mol. The number of oxazole rings is 1. The van der Waals surface area contributed by atoms with Gasteiger partial charge in [0.15, 0.2) is 5.58 Å². The van der Waals surface area contributed by atoms with Crippen LogP contribution in [0, 0.1) is 0 Å². The second-order valence-electron chi connectivity index (χ2n) is 3.96. The highest BCUT2D eigenvalue weighted by molar-refractivity contribution is 5.72. The molecule has 1 atom stereocenters. The van der Waals surface area contributed by atoms with Crippen molar-refractivity contribution in [1.29, 1.82) is 0 Å². The Morgan fingerprint density at radius 2 is 2.33 bits per heavy atom. The number of nitrogens with one attached hydrogen (secondary N) is 2. The minimum absolute atomic E-state index is 0.383. The second kappa shape index (κ2) is 3.24. The summed E-state index contributed by atoms with van der Waals surface area (Å²) in [7, 11) is 0. The highest BCUT2D eigenvalue weighted by Gasteiger charge is 2.17. The van der Waals surface area contributed by atoms with Crippen molar-refractivity contribution in [3.63, 3.8) is 0 Å². The second-order valence-corrected chi connectivity index (χ2v) is 3.96. The van der Waals surface area contributed by atoms with Gasteiger partial charge in [-0.1, -0.05) is 6.07 Å². The fraction of sp³-hybridized carbons (Fsp3) is 0.364. The molecule has 1 aromatic carbocycles. The Morgan fingerprint density at radius 1 is 1.40 bits per heavy atom. The molecule has 0 saturated carbocycles. The predicted octanol–water partition coefficient (Wildman–Crippen LogP) is 1.20. The van der Waals surface area contributed by atoms with E-state index in [2.05, 4.69) is 16.4 Å². The van der Waals surface area contributed by atoms with Crippen molar-refractivity contribution in [2.24, 2.45) is 0 Å². The van der Waals surface area contributed by atoms with Gasteiger partial charge in [0.1, 0.15) is 0 Å². The summed E-state index contributed by atoms with van der Waals surface area (Å²) in [5.41, 5.74) is 2.68. The lowest BCUT2D eigenvalue weighted by atomic mass is 9.98. The van der Waals surface area contributed by atoms with E-state index in [1.807, 2.05) is 12.1 Å². The average molecular weight is 204 g/mol. The third-order valence-corrected chi connectivity index (χ3v) is 2.98. The van der Waals surface area contributed by atoms with Gasteiger partial charge in [-0.3, -0.25) is 4.98 Å². The summed E-state index contributed by atoms with van der Waals surface area (Å²) < 4.78 is 5.04. The van der Waals surface area contributed by atoms with Gasteiger partial charge in [-0.05, 0) is 36.6 Å². The van der Waals surface area contributed by atoms with Crippen molar-refractivity contribution < 1.29 is 4.42 Å². The van der Waals surface area contributed by atoms with E-state index >= 15 is 0 Å². The van der Waals surface area contributed by atoms with Crippen molar-refractivity contribution in [1.82, 2.24) is 10.3 Å². The van der Waals surface area contributed by atoms with Crippen LogP contribution < -0.4 is 11.1 Å². The standard InChI is InChI=1S/C11H12N2O2/c14-11-13-9-2-1-7(5-10(9)15-11)8-3-4-12-6-8/h1-2,5,8,12H,3-4,6H2,(H,13,14). The number of fused-ring (bicyclic) bond motifs is 1. The number of rotatable bonds is 1. The van der Waals surface area contributed by atoms with Crippen molar-refractivity contribution in [3.05, 3.63) is 34.3 Å². The molecule has 1 unspecified atom stereocenters. The van der Waals surface area contributed by atoms with E-state index in [1.54, 1.807) is 0 Å². The molecule has 1 fully saturated rings. The van der Waals surface area contributed by atoms with Gasteiger partial charge in [0, 0.05) is 6.54 Å². The van der Waals surface area contributed by atoms with Gasteiger partial charge in [-0.25, -0.2) is 4.79 Å². The molecule has 2 N–H and O–H groups in total. The number of hydrogen-bond acceptors (Lipinski definition) is 3. The van der Waals surface area contributed by atoms with E-state index in [-0.39, 0.29) is 5.76 Å². The summed E-state index contributed by atoms with van der Waals surface area (Å²) in [6.07, 6.45) is 1.15. The zero-order valence-electron chi connectivity index (χ0n) is 8.25. The fourth-order valence-corrected chi connectivity index (χ4v) is 2.16. The molecule has 0 bridgehead atoms. The molecule has 0 spiro atoms. The Hall–Kier alpha value is -1.55. The number of aromatic amines is 1. The van der Waals surface area contributed by atoms with Crippen LogP contribution in [0.3, 0.4) is 0 Å². The lowest BCUT2D eigenvalue weighted by Crippen LogP contribution is -2.07. The topological polar surface area (TPSA) is 58.0 Å². The first kappa shape index (κ1) is 8.73. The van der Waals surface area contributed by atoms with Crippen LogP contribution in [0.1, 0.15) is 17.9 Å². The van der Waals surface area contributed by atoms with Crippen molar-refractivity contribution in [2.75, 3.05) is 13.1 Å². The summed E-state index contributed by atoms with van der Waals surface area (Å²) in [6.45, 7) is 2.08. The van der Waals surface area contributed by atoms with Crippen LogP contribution in [0.15, 0.2) is 27.4 Å². The summed E-state index contributed by atoms with van der Waals surface area (Å²) >= 11 is 0. The normalized spacial score (nSPS) is 21.2. The first-order chi connectivity index (χ1) is 7.33. The SMILES string of the molecule is O=c1[nH]c2ccc(C3CCNC3)cc2o1. The van der Waals surface area contributed by atoms with Crippen LogP contribution in [0.25, 0.3) is 11.1 Å². The first-order valence-electron chi connectivity index (χ1n) is 5.16. The molecule has 15 heavy (non-hydrogen) atoms. The summed E-state index contributed by atoms with van der Waals surface area (Å²) in [5.74, 6) is 0.168. The molecule has 1 saturated heterocycles. The van der Waals surface area contributed by atoms with Crippen LogP contribution >= 0.6 is 0 Å². The molecule has 0 aliphatic carbocycles. The molecule has 1 aliphatic heterocycles. The van der Waals surface area contributed by atoms with Crippen LogP contribution in [-0.2, 0) is 0 Å². The van der Waals surface area contributed by atoms with E-state index in [0.29, 0.717) is 11.5 Å². The van der Waals surface area contributed by atoms with E-state index in [0.717, 1.165) is 25.0 Å². The van der Waals surface area contributed by atoms with E-state index in [9.17, 15) is 4.79 Å². The Labute approximate surface area is 86.3 Å². The molecule has 0 amide bonds. The van der Waals surface area contributed by atoms with Crippen LogP contribution in [0.4, 0.5) is 0 Å². The van der Waals surface area contributed by atoms with Gasteiger partial charge < -0.3 is 9.73 Å². The zero-order chi connectivity index (χ0) is 10.3. The molecular formula is C11H12N2O2. The van der Waals surface area contributed by atoms with E-state index < -0.39 is 0 Å². The molecule has 78 valence electrons. The third-order valence-electron chi connectivity index (χ3n) is 2.98. The Balaban J connectivity index is 2.08. The van der Waals surface area contributed by atoms with Gasteiger partial charge >= 0.3 is 5.76 Å². The van der Waals surface area contributed by atoms with E-state index in [1.165, 1.54) is 5.56 Å². The van der Waals surface area contributed by atoms with Gasteiger partial charge in [-0.2, -0.15) is 0 Å². The lowest BCUT2D eigenvalue weighted by molar-refractivity contribution is 0.554. The molecule has 4 nitrogen and oxygen atoms in total. The van der Waals surface area contributed by atoms with Gasteiger partial charge in [-0.15, -0.1) is 0 Å². The third kappa shape index (κ3) is 1.47. The molecule has 2 aromatic rings. The molecule has 3 rings (SSSR count). The highest BCUT2D eigenvalue weighted by atomic mass is 16.4. The smallest absolute Gasteiger partial charge is 0.408 e. The Morgan fingerprint density at radius 3 is 3.13 bits per heavy atom. The Kier molecular flexibility index (Phi) is 1.89. The maximum absolute atomic E-state index is 11.0. The maximum Gasteiger partial charge on any atom is 0.417 e. The van der Waals surface area contributed by atoms with Gasteiger partial charge in [0.25, 0.3) is 0 Å². The van der Waals surface area contributed by atoms with Gasteiger partial charge in [0.05, 0.1) is 5.52 Å². The molecular weight excluding hydrogens is 192 g/mol. The minimum atomic E-state index is -0.383.